The largest absolute Gasteiger partial charge is 0.444 e. The average Bonchev–Trinajstić information content (AvgIpc) is 3.19. The van der Waals surface area contributed by atoms with E-state index in [4.69, 9.17) is 9.15 Å². The molecule has 0 aliphatic carbocycles. The third-order valence-electron chi connectivity index (χ3n) is 4.61. The summed E-state index contributed by atoms with van der Waals surface area (Å²) in [7, 11) is 0. The maximum Gasteiger partial charge on any atom is 0.220 e. The minimum atomic E-state index is 0.0897. The molecule has 0 aromatic carbocycles. The molecule has 6 heteroatoms. The van der Waals surface area contributed by atoms with E-state index in [1.54, 1.807) is 13.1 Å². The van der Waals surface area contributed by atoms with E-state index in [0.717, 1.165) is 51.4 Å². The van der Waals surface area contributed by atoms with Crippen LogP contribution in [0.15, 0.2) is 10.6 Å². The summed E-state index contributed by atoms with van der Waals surface area (Å²) < 4.78 is 11.0. The fourth-order valence-electron chi connectivity index (χ4n) is 3.44. The van der Waals surface area contributed by atoms with Gasteiger partial charge >= 0.3 is 0 Å². The van der Waals surface area contributed by atoms with Crippen molar-refractivity contribution in [1.29, 1.82) is 0 Å². The normalized spacial score (nSPS) is 25.7. The van der Waals surface area contributed by atoms with Crippen LogP contribution in [0.5, 0.6) is 0 Å². The third kappa shape index (κ3) is 3.67. The summed E-state index contributed by atoms with van der Waals surface area (Å²) in [5.74, 6) is 2.15. The van der Waals surface area contributed by atoms with Crippen molar-refractivity contribution in [1.82, 2.24) is 14.8 Å². The van der Waals surface area contributed by atoms with Gasteiger partial charge in [-0.1, -0.05) is 0 Å². The van der Waals surface area contributed by atoms with Gasteiger partial charge in [-0.3, -0.25) is 4.79 Å². The molecule has 3 heterocycles. The van der Waals surface area contributed by atoms with Crippen molar-refractivity contribution in [2.24, 2.45) is 5.92 Å². The van der Waals surface area contributed by atoms with Crippen molar-refractivity contribution in [3.8, 4) is 0 Å². The average molecular weight is 307 g/mol. The molecule has 1 aromatic rings. The molecule has 2 fully saturated rings. The van der Waals surface area contributed by atoms with E-state index < -0.39 is 0 Å². The van der Waals surface area contributed by atoms with Crippen LogP contribution in [-0.2, 0) is 16.1 Å². The number of oxazole rings is 1. The molecule has 0 N–H and O–H groups in total. The summed E-state index contributed by atoms with van der Waals surface area (Å²) in [6.07, 6.45) is 3.88. The molecule has 3 rings (SSSR count). The van der Waals surface area contributed by atoms with Gasteiger partial charge in [-0.25, -0.2) is 4.98 Å². The highest BCUT2D eigenvalue weighted by Gasteiger charge is 2.31. The second-order valence-electron chi connectivity index (χ2n) is 6.44. The number of nitrogens with zero attached hydrogens (tertiary/aromatic N) is 3. The van der Waals surface area contributed by atoms with Gasteiger partial charge < -0.3 is 19.0 Å². The zero-order valence-electron chi connectivity index (χ0n) is 13.5. The van der Waals surface area contributed by atoms with Gasteiger partial charge in [0.2, 0.25) is 11.8 Å². The van der Waals surface area contributed by atoms with Crippen LogP contribution in [0.25, 0.3) is 0 Å². The summed E-state index contributed by atoms with van der Waals surface area (Å²) in [6, 6.07) is 0.257. The van der Waals surface area contributed by atoms with Crippen LogP contribution in [0, 0.1) is 12.8 Å². The van der Waals surface area contributed by atoms with E-state index >= 15 is 0 Å². The topological polar surface area (TPSA) is 58.8 Å². The Labute approximate surface area is 131 Å². The third-order valence-corrected chi connectivity index (χ3v) is 4.61. The van der Waals surface area contributed by atoms with Crippen molar-refractivity contribution >= 4 is 5.91 Å². The molecule has 1 aromatic heterocycles. The predicted molar refractivity (Wildman–Crippen MR) is 81.2 cm³/mol. The summed E-state index contributed by atoms with van der Waals surface area (Å²) in [5.41, 5.74) is 0. The Hall–Kier alpha value is -1.40. The lowest BCUT2D eigenvalue weighted by molar-refractivity contribution is -0.132. The first-order valence-corrected chi connectivity index (χ1v) is 8.10. The highest BCUT2D eigenvalue weighted by atomic mass is 16.5. The lowest BCUT2D eigenvalue weighted by atomic mass is 10.1. The van der Waals surface area contributed by atoms with Crippen LogP contribution in [0.3, 0.4) is 0 Å². The number of carbonyl (C=O) groups is 1. The summed E-state index contributed by atoms with van der Waals surface area (Å²) in [6.45, 7) is 8.82. The van der Waals surface area contributed by atoms with Gasteiger partial charge in [-0.15, -0.1) is 0 Å². The van der Waals surface area contributed by atoms with E-state index in [9.17, 15) is 4.79 Å². The van der Waals surface area contributed by atoms with Crippen LogP contribution < -0.4 is 0 Å². The first kappa shape index (κ1) is 15.5. The minimum absolute atomic E-state index is 0.0897. The molecule has 22 heavy (non-hydrogen) atoms. The van der Waals surface area contributed by atoms with E-state index in [1.807, 2.05) is 11.8 Å². The van der Waals surface area contributed by atoms with Gasteiger partial charge in [-0.05, 0) is 25.7 Å². The molecule has 2 aliphatic rings. The summed E-state index contributed by atoms with van der Waals surface area (Å²) in [5, 5.41) is 0. The predicted octanol–water partition coefficient (Wildman–Crippen LogP) is 1.44. The maximum absolute atomic E-state index is 12.0. The first-order chi connectivity index (χ1) is 10.6. The molecule has 122 valence electrons. The Balaban J connectivity index is 1.57. The monoisotopic (exact) mass is 307 g/mol. The quantitative estimate of drug-likeness (QED) is 0.824. The highest BCUT2D eigenvalue weighted by Crippen LogP contribution is 2.22. The van der Waals surface area contributed by atoms with E-state index in [2.05, 4.69) is 9.88 Å². The van der Waals surface area contributed by atoms with Gasteiger partial charge in [-0.2, -0.15) is 0 Å². The minimum Gasteiger partial charge on any atom is -0.444 e. The number of aromatic nitrogens is 1. The zero-order valence-corrected chi connectivity index (χ0v) is 13.5. The molecular formula is C16H25N3O3. The number of rotatable bonds is 5. The molecule has 0 bridgehead atoms. The molecule has 2 atom stereocenters. The van der Waals surface area contributed by atoms with Crippen molar-refractivity contribution in [3.63, 3.8) is 0 Å². The SMILES string of the molecule is CC(=O)N(Cc1ncc(C)o1)C1CCN(CC2CCOC2)C1. The molecule has 1 amide bonds. The number of ether oxygens (including phenoxy) is 1. The highest BCUT2D eigenvalue weighted by molar-refractivity contribution is 5.73. The number of aryl methyl sites for hydroxylation is 1. The van der Waals surface area contributed by atoms with Crippen LogP contribution >= 0.6 is 0 Å². The van der Waals surface area contributed by atoms with Crippen molar-refractivity contribution in [3.05, 3.63) is 17.8 Å². The van der Waals surface area contributed by atoms with Crippen molar-refractivity contribution < 1.29 is 13.9 Å². The fourth-order valence-corrected chi connectivity index (χ4v) is 3.44. The van der Waals surface area contributed by atoms with E-state index in [-0.39, 0.29) is 11.9 Å². The molecule has 2 unspecified atom stereocenters. The van der Waals surface area contributed by atoms with Gasteiger partial charge in [0.1, 0.15) is 5.76 Å². The van der Waals surface area contributed by atoms with Crippen LogP contribution in [-0.4, -0.2) is 59.6 Å². The fraction of sp³-hybridized carbons (Fsp3) is 0.750. The zero-order chi connectivity index (χ0) is 15.5. The van der Waals surface area contributed by atoms with Crippen LogP contribution in [0.1, 0.15) is 31.4 Å². The van der Waals surface area contributed by atoms with Gasteiger partial charge in [0.05, 0.1) is 19.3 Å². The lowest BCUT2D eigenvalue weighted by Gasteiger charge is -2.27. The Kier molecular flexibility index (Phi) is 4.78. The smallest absolute Gasteiger partial charge is 0.220 e. The summed E-state index contributed by atoms with van der Waals surface area (Å²) >= 11 is 0. The van der Waals surface area contributed by atoms with Crippen molar-refractivity contribution in [2.45, 2.75) is 39.3 Å². The standard InChI is InChI=1S/C16H25N3O3/c1-12-7-17-16(22-12)10-19(13(2)20)15-3-5-18(9-15)8-14-4-6-21-11-14/h7,14-15H,3-6,8-11H2,1-2H3. The molecule has 0 radical (unpaired) electrons. The second-order valence-corrected chi connectivity index (χ2v) is 6.44. The number of amides is 1. The Morgan fingerprint density at radius 1 is 1.50 bits per heavy atom. The van der Waals surface area contributed by atoms with E-state index in [1.165, 1.54) is 0 Å². The number of carbonyl (C=O) groups excluding carboxylic acids is 1. The molecule has 2 saturated heterocycles. The van der Waals surface area contributed by atoms with E-state index in [0.29, 0.717) is 18.4 Å². The Bertz CT molecular complexity index is 510. The van der Waals surface area contributed by atoms with Crippen LogP contribution in [0.4, 0.5) is 0 Å². The second kappa shape index (κ2) is 6.79. The Morgan fingerprint density at radius 3 is 3.00 bits per heavy atom. The summed E-state index contributed by atoms with van der Waals surface area (Å²) in [4.78, 5) is 20.6. The maximum atomic E-state index is 12.0. The first-order valence-electron chi connectivity index (χ1n) is 8.10. The van der Waals surface area contributed by atoms with Crippen LogP contribution in [0.2, 0.25) is 0 Å². The molecule has 2 aliphatic heterocycles. The van der Waals surface area contributed by atoms with Crippen molar-refractivity contribution in [2.75, 3.05) is 32.8 Å². The number of hydrogen-bond acceptors (Lipinski definition) is 5. The number of likely N-dealkylation sites (tertiary alicyclic amines) is 1. The lowest BCUT2D eigenvalue weighted by Crippen LogP contribution is -2.41. The Morgan fingerprint density at radius 2 is 2.36 bits per heavy atom. The van der Waals surface area contributed by atoms with Gasteiger partial charge in [0.25, 0.3) is 0 Å². The van der Waals surface area contributed by atoms with Gasteiger partial charge in [0.15, 0.2) is 0 Å². The molecule has 0 spiro atoms. The molecule has 0 saturated carbocycles. The van der Waals surface area contributed by atoms with Gasteiger partial charge in [0, 0.05) is 39.2 Å². The molecule has 6 nitrogen and oxygen atoms in total. The number of hydrogen-bond donors (Lipinski definition) is 0. The molecular weight excluding hydrogens is 282 g/mol.